The van der Waals surface area contributed by atoms with Crippen molar-refractivity contribution in [3.05, 3.63) is 0 Å². The first-order valence-corrected chi connectivity index (χ1v) is 2.51. The minimum Gasteiger partial charge on any atom is -0.866 e. The quantitative estimate of drug-likeness (QED) is 0.328. The molecule has 0 aromatic carbocycles. The van der Waals surface area contributed by atoms with Gasteiger partial charge in [-0.1, -0.05) is 0 Å². The van der Waals surface area contributed by atoms with Crippen LogP contribution in [0.5, 0.6) is 0 Å². The van der Waals surface area contributed by atoms with Gasteiger partial charge in [0.2, 0.25) is 0 Å². The van der Waals surface area contributed by atoms with Crippen LogP contribution >= 0.6 is 12.2 Å². The Labute approximate surface area is 114 Å². The van der Waals surface area contributed by atoms with Gasteiger partial charge in [0.15, 0.2) is 0 Å². The molecule has 0 bridgehead atoms. The van der Waals surface area contributed by atoms with Crippen LogP contribution in [-0.4, -0.2) is 24.2 Å². The monoisotopic (exact) mass is 194 g/mol. The summed E-state index contributed by atoms with van der Waals surface area (Å²) < 4.78 is 4.24. The number of carbonyl (C=O) groups excluding carboxylic acids is 1. The first kappa shape index (κ1) is 18.2. The largest absolute Gasteiger partial charge is 1.00 e. The number of ether oxygens (including phenoxy) is 1. The standard InChI is InChI=1S/C4H6O4S.2Na/c5-3(6)1-8-2-4(7)9;;/h1-2H2,(H,5,6)(H,7,9);;/q;2*+1/p-2. The number of carboxylic acids is 1. The molecule has 52 valence electrons. The van der Waals surface area contributed by atoms with Gasteiger partial charge in [0, 0.05) is 0 Å². The van der Waals surface area contributed by atoms with Crippen LogP contribution in [0, 0.1) is 0 Å². The Balaban J connectivity index is -0.000000320. The fourth-order valence-corrected chi connectivity index (χ4v) is 0.301. The molecule has 0 spiro atoms. The zero-order valence-corrected chi connectivity index (χ0v) is 11.3. The predicted molar refractivity (Wildman–Crippen MR) is 28.4 cm³/mol. The maximum atomic E-state index is 9.90. The molecule has 0 fully saturated rings. The molecule has 0 saturated carbocycles. The Morgan fingerprint density at radius 3 is 2.00 bits per heavy atom. The van der Waals surface area contributed by atoms with Crippen LogP contribution in [0.4, 0.5) is 0 Å². The van der Waals surface area contributed by atoms with Crippen LogP contribution in [-0.2, 0) is 9.53 Å². The zero-order valence-electron chi connectivity index (χ0n) is 6.46. The van der Waals surface area contributed by atoms with Gasteiger partial charge < -0.3 is 19.7 Å². The van der Waals surface area contributed by atoms with Crippen molar-refractivity contribution in [2.75, 3.05) is 13.2 Å². The van der Waals surface area contributed by atoms with Gasteiger partial charge in [0.1, 0.15) is 0 Å². The van der Waals surface area contributed by atoms with Crippen molar-refractivity contribution in [3.8, 4) is 0 Å². The molecule has 0 amide bonds. The van der Waals surface area contributed by atoms with E-state index in [0.717, 1.165) is 0 Å². The molecule has 0 heterocycles. The molecule has 0 aromatic heterocycles. The van der Waals surface area contributed by atoms with E-state index >= 15 is 0 Å². The zero-order chi connectivity index (χ0) is 7.28. The summed E-state index contributed by atoms with van der Waals surface area (Å²) >= 11 is 4.05. The van der Waals surface area contributed by atoms with Crippen molar-refractivity contribution in [2.24, 2.45) is 0 Å². The fourth-order valence-electron chi connectivity index (χ4n) is 0.218. The van der Waals surface area contributed by atoms with Gasteiger partial charge >= 0.3 is 59.1 Å². The number of aliphatic carboxylic acids is 1. The molecule has 0 N–H and O–H groups in total. The number of thiocarbonyl (C=S) groups is 1. The first-order valence-electron chi connectivity index (χ1n) is 2.10. The van der Waals surface area contributed by atoms with E-state index < -0.39 is 17.6 Å². The summed E-state index contributed by atoms with van der Waals surface area (Å²) in [6.07, 6.45) is 0. The Hall–Kier alpha value is 1.32. The predicted octanol–water partition coefficient (Wildman–Crippen LogP) is -8.55. The van der Waals surface area contributed by atoms with Crippen molar-refractivity contribution in [1.82, 2.24) is 0 Å². The number of carboxylic acid groups (broad SMARTS) is 1. The third-order valence-electron chi connectivity index (χ3n) is 0.440. The summed E-state index contributed by atoms with van der Waals surface area (Å²) in [7, 11) is 0. The van der Waals surface area contributed by atoms with E-state index in [-0.39, 0.29) is 65.7 Å². The maximum Gasteiger partial charge on any atom is 1.00 e. The second-order valence-corrected chi connectivity index (χ2v) is 1.69. The van der Waals surface area contributed by atoms with Crippen LogP contribution in [0.2, 0.25) is 0 Å². The topological polar surface area (TPSA) is 72.4 Å². The van der Waals surface area contributed by atoms with Gasteiger partial charge in [-0.15, -0.1) is 12.2 Å². The minimum atomic E-state index is -1.36. The summed E-state index contributed by atoms with van der Waals surface area (Å²) in [4.78, 5) is 9.60. The summed E-state index contributed by atoms with van der Waals surface area (Å²) in [5.74, 6) is -1.36. The molecule has 11 heavy (non-hydrogen) atoms. The molecular formula is C4H4Na2O4S. The molecule has 0 radical (unpaired) electrons. The number of hydrogen-bond donors (Lipinski definition) is 0. The second kappa shape index (κ2) is 11.3. The molecule has 7 heteroatoms. The van der Waals surface area contributed by atoms with E-state index in [1.54, 1.807) is 0 Å². The average molecular weight is 194 g/mol. The summed E-state index contributed by atoms with van der Waals surface area (Å²) in [5, 5.41) is 18.9. The molecule has 0 saturated heterocycles. The molecule has 0 aliphatic carbocycles. The van der Waals surface area contributed by atoms with E-state index in [2.05, 4.69) is 17.0 Å². The maximum absolute atomic E-state index is 9.90. The molecule has 0 aliphatic heterocycles. The van der Waals surface area contributed by atoms with Crippen LogP contribution < -0.4 is 69.3 Å². The van der Waals surface area contributed by atoms with Gasteiger partial charge in [0.25, 0.3) is 0 Å². The van der Waals surface area contributed by atoms with Crippen molar-refractivity contribution >= 4 is 23.2 Å². The molecular weight excluding hydrogens is 190 g/mol. The number of rotatable bonds is 4. The first-order chi connectivity index (χ1) is 4.13. The van der Waals surface area contributed by atoms with Crippen LogP contribution in [0.3, 0.4) is 0 Å². The SMILES string of the molecule is O=C([O-])COCC([O-])=S.[Na+].[Na+]. The summed E-state index contributed by atoms with van der Waals surface area (Å²) in [6, 6.07) is 0. The normalized spacial score (nSPS) is 7.27. The van der Waals surface area contributed by atoms with E-state index in [1.165, 1.54) is 0 Å². The van der Waals surface area contributed by atoms with Crippen molar-refractivity contribution < 1.29 is 78.9 Å². The summed E-state index contributed by atoms with van der Waals surface area (Å²) in [5.41, 5.74) is 0. The minimum absolute atomic E-state index is 0. The third-order valence-corrected chi connectivity index (χ3v) is 0.558. The Kier molecular flexibility index (Phi) is 18.7. The number of carbonyl (C=O) groups is 1. The van der Waals surface area contributed by atoms with E-state index in [9.17, 15) is 15.0 Å². The summed E-state index contributed by atoms with van der Waals surface area (Å²) in [6.45, 7) is -0.925. The molecule has 0 rings (SSSR count). The van der Waals surface area contributed by atoms with Crippen LogP contribution in [0.15, 0.2) is 0 Å². The molecule has 4 nitrogen and oxygen atoms in total. The molecule has 0 aromatic rings. The van der Waals surface area contributed by atoms with E-state index in [1.807, 2.05) is 0 Å². The van der Waals surface area contributed by atoms with Gasteiger partial charge in [-0.25, -0.2) is 0 Å². The van der Waals surface area contributed by atoms with E-state index in [0.29, 0.717) is 0 Å². The second-order valence-electron chi connectivity index (χ2n) is 1.24. The van der Waals surface area contributed by atoms with Crippen molar-refractivity contribution in [1.29, 1.82) is 0 Å². The average Bonchev–Trinajstić information content (AvgIpc) is 1.63. The Morgan fingerprint density at radius 2 is 1.73 bits per heavy atom. The Bertz CT molecular complexity index is 115. The van der Waals surface area contributed by atoms with E-state index in [4.69, 9.17) is 0 Å². The Morgan fingerprint density at radius 1 is 1.27 bits per heavy atom. The fraction of sp³-hybridized carbons (Fsp3) is 0.500. The van der Waals surface area contributed by atoms with Gasteiger partial charge in [-0.05, 0) is 5.05 Å². The molecule has 0 unspecified atom stereocenters. The van der Waals surface area contributed by atoms with Crippen molar-refractivity contribution in [2.45, 2.75) is 0 Å². The van der Waals surface area contributed by atoms with Gasteiger partial charge in [-0.3, -0.25) is 0 Å². The smallest absolute Gasteiger partial charge is 0.866 e. The number of hydrogen-bond acceptors (Lipinski definition) is 5. The van der Waals surface area contributed by atoms with Gasteiger partial charge in [-0.2, -0.15) is 0 Å². The van der Waals surface area contributed by atoms with Crippen LogP contribution in [0.1, 0.15) is 0 Å². The molecule has 0 aliphatic rings. The van der Waals surface area contributed by atoms with Crippen molar-refractivity contribution in [3.63, 3.8) is 0 Å². The third kappa shape index (κ3) is 18.4. The molecule has 0 atom stereocenters. The van der Waals surface area contributed by atoms with Crippen LogP contribution in [0.25, 0.3) is 0 Å². The van der Waals surface area contributed by atoms with Gasteiger partial charge in [0.05, 0.1) is 19.2 Å².